The molecule has 0 N–H and O–H groups in total. The van der Waals surface area contributed by atoms with Crippen molar-refractivity contribution in [1.82, 2.24) is 0 Å². The minimum Gasteiger partial charge on any atom is -0.295 e. The second-order valence-corrected chi connectivity index (χ2v) is 3.79. The molecule has 0 heterocycles. The first-order valence-corrected chi connectivity index (χ1v) is 4.74. The average molecular weight is 177 g/mol. The molecule has 0 radical (unpaired) electrons. The minimum atomic E-state index is -0.538. The van der Waals surface area contributed by atoms with Crippen molar-refractivity contribution in [2.45, 2.75) is 39.0 Å². The van der Waals surface area contributed by atoms with E-state index < -0.39 is 5.41 Å². The molecule has 0 aromatic heterocycles. The Morgan fingerprint density at radius 2 is 1.92 bits per heavy atom. The number of Topliss-reactive ketones (excluding diaryl/α,β-unsaturated/α-hetero) is 1. The van der Waals surface area contributed by atoms with Crippen LogP contribution in [0, 0.1) is 16.7 Å². The van der Waals surface area contributed by atoms with E-state index in [2.05, 4.69) is 12.6 Å². The van der Waals surface area contributed by atoms with Gasteiger partial charge in [-0.2, -0.15) is 5.26 Å². The number of carbonyl (C=O) groups is 1. The Balaban J connectivity index is 2.87. The standard InChI is InChI=1S/C11H15NO/c1-9(10(2)13)11(8-12)6-4-3-5-7-11/h1,3-7H2,2H3. The topological polar surface area (TPSA) is 40.9 Å². The van der Waals surface area contributed by atoms with Gasteiger partial charge in [-0.15, -0.1) is 0 Å². The van der Waals surface area contributed by atoms with E-state index in [-0.39, 0.29) is 5.78 Å². The van der Waals surface area contributed by atoms with Gasteiger partial charge in [0.1, 0.15) is 0 Å². The maximum absolute atomic E-state index is 11.2. The predicted molar refractivity (Wildman–Crippen MR) is 51.0 cm³/mol. The number of rotatable bonds is 2. The average Bonchev–Trinajstić information content (AvgIpc) is 2.17. The zero-order valence-corrected chi connectivity index (χ0v) is 8.10. The molecule has 70 valence electrons. The largest absolute Gasteiger partial charge is 0.295 e. The fourth-order valence-electron chi connectivity index (χ4n) is 1.97. The predicted octanol–water partition coefficient (Wildman–Crippen LogP) is 2.61. The molecule has 0 saturated heterocycles. The van der Waals surface area contributed by atoms with Crippen molar-refractivity contribution in [3.63, 3.8) is 0 Å². The molecule has 1 saturated carbocycles. The van der Waals surface area contributed by atoms with Crippen LogP contribution >= 0.6 is 0 Å². The van der Waals surface area contributed by atoms with Crippen LogP contribution in [0.3, 0.4) is 0 Å². The van der Waals surface area contributed by atoms with Gasteiger partial charge in [0.15, 0.2) is 5.78 Å². The Morgan fingerprint density at radius 1 is 1.38 bits per heavy atom. The first-order chi connectivity index (χ1) is 6.12. The number of allylic oxidation sites excluding steroid dienone is 1. The summed E-state index contributed by atoms with van der Waals surface area (Å²) in [5.74, 6) is -0.0385. The van der Waals surface area contributed by atoms with Crippen LogP contribution in [-0.4, -0.2) is 5.78 Å². The number of ketones is 1. The molecule has 1 aliphatic carbocycles. The van der Waals surface area contributed by atoms with Crippen molar-refractivity contribution in [2.75, 3.05) is 0 Å². The van der Waals surface area contributed by atoms with E-state index in [1.54, 1.807) is 0 Å². The summed E-state index contributed by atoms with van der Waals surface area (Å²) in [6.45, 7) is 5.24. The van der Waals surface area contributed by atoms with Crippen molar-refractivity contribution >= 4 is 5.78 Å². The first-order valence-electron chi connectivity index (χ1n) is 4.74. The molecule has 0 aromatic rings. The highest BCUT2D eigenvalue weighted by Gasteiger charge is 2.36. The molecule has 0 aromatic carbocycles. The fourth-order valence-corrected chi connectivity index (χ4v) is 1.97. The third-order valence-corrected chi connectivity index (χ3v) is 2.92. The molecule has 0 unspecified atom stereocenters. The molecule has 2 nitrogen and oxygen atoms in total. The van der Waals surface area contributed by atoms with Crippen molar-refractivity contribution < 1.29 is 4.79 Å². The SMILES string of the molecule is C=C(C(C)=O)C1(C#N)CCCCC1. The van der Waals surface area contributed by atoms with E-state index in [4.69, 9.17) is 5.26 Å². The van der Waals surface area contributed by atoms with Crippen molar-refractivity contribution in [1.29, 1.82) is 5.26 Å². The van der Waals surface area contributed by atoms with E-state index in [9.17, 15) is 4.79 Å². The van der Waals surface area contributed by atoms with Gasteiger partial charge in [-0.1, -0.05) is 25.8 Å². The lowest BCUT2D eigenvalue weighted by molar-refractivity contribution is -0.114. The Bertz CT molecular complexity index is 266. The molecule has 0 aliphatic heterocycles. The summed E-state index contributed by atoms with van der Waals surface area (Å²) < 4.78 is 0. The lowest BCUT2D eigenvalue weighted by Crippen LogP contribution is -2.27. The van der Waals surface area contributed by atoms with Crippen molar-refractivity contribution in [3.05, 3.63) is 12.2 Å². The van der Waals surface area contributed by atoms with Crippen LogP contribution in [0.4, 0.5) is 0 Å². The summed E-state index contributed by atoms with van der Waals surface area (Å²) in [5, 5.41) is 9.10. The van der Waals surface area contributed by atoms with Crippen LogP contribution in [-0.2, 0) is 4.79 Å². The first kappa shape index (κ1) is 9.98. The van der Waals surface area contributed by atoms with Crippen LogP contribution in [0.1, 0.15) is 39.0 Å². The second kappa shape index (κ2) is 3.74. The number of hydrogen-bond acceptors (Lipinski definition) is 2. The summed E-state index contributed by atoms with van der Waals surface area (Å²) in [6, 6.07) is 2.28. The van der Waals surface area contributed by atoms with Crippen molar-refractivity contribution in [3.8, 4) is 6.07 Å². The zero-order chi connectivity index (χ0) is 9.90. The molecule has 1 rings (SSSR count). The third-order valence-electron chi connectivity index (χ3n) is 2.92. The quantitative estimate of drug-likeness (QED) is 0.608. The molecule has 2 heteroatoms. The van der Waals surface area contributed by atoms with Crippen LogP contribution in [0.2, 0.25) is 0 Å². The summed E-state index contributed by atoms with van der Waals surface area (Å²) in [7, 11) is 0. The molecular formula is C11H15NO. The Kier molecular flexibility index (Phi) is 2.87. The Morgan fingerprint density at radius 3 is 2.31 bits per heavy atom. The van der Waals surface area contributed by atoms with E-state index in [0.29, 0.717) is 5.57 Å². The Hall–Kier alpha value is -1.10. The number of nitriles is 1. The van der Waals surface area contributed by atoms with Gasteiger partial charge in [-0.3, -0.25) is 4.79 Å². The lowest BCUT2D eigenvalue weighted by atomic mass is 9.69. The van der Waals surface area contributed by atoms with Gasteiger partial charge in [0.25, 0.3) is 0 Å². The highest BCUT2D eigenvalue weighted by molar-refractivity contribution is 5.94. The molecule has 0 atom stereocenters. The maximum Gasteiger partial charge on any atom is 0.156 e. The van der Waals surface area contributed by atoms with Crippen LogP contribution in [0.15, 0.2) is 12.2 Å². The number of hydrogen-bond donors (Lipinski definition) is 0. The smallest absolute Gasteiger partial charge is 0.156 e. The van der Waals surface area contributed by atoms with E-state index >= 15 is 0 Å². The molecule has 0 amide bonds. The summed E-state index contributed by atoms with van der Waals surface area (Å²) in [5.41, 5.74) is -0.0286. The van der Waals surface area contributed by atoms with Gasteiger partial charge in [0.2, 0.25) is 0 Å². The van der Waals surface area contributed by atoms with Gasteiger partial charge in [0.05, 0.1) is 11.5 Å². The minimum absolute atomic E-state index is 0.0385. The maximum atomic E-state index is 11.2. The zero-order valence-electron chi connectivity index (χ0n) is 8.10. The summed E-state index contributed by atoms with van der Waals surface area (Å²) in [6.07, 6.45) is 4.87. The normalized spacial score (nSPS) is 20.3. The summed E-state index contributed by atoms with van der Waals surface area (Å²) >= 11 is 0. The van der Waals surface area contributed by atoms with E-state index in [0.717, 1.165) is 25.7 Å². The molecule has 1 aliphatic rings. The molecule has 0 spiro atoms. The Labute approximate surface area is 79.2 Å². The van der Waals surface area contributed by atoms with Gasteiger partial charge in [0, 0.05) is 5.57 Å². The van der Waals surface area contributed by atoms with Crippen LogP contribution in [0.5, 0.6) is 0 Å². The highest BCUT2D eigenvalue weighted by atomic mass is 16.1. The third kappa shape index (κ3) is 1.80. The highest BCUT2D eigenvalue weighted by Crippen LogP contribution is 2.41. The van der Waals surface area contributed by atoms with Crippen molar-refractivity contribution in [2.24, 2.45) is 5.41 Å². The van der Waals surface area contributed by atoms with Gasteiger partial charge >= 0.3 is 0 Å². The second-order valence-electron chi connectivity index (χ2n) is 3.79. The van der Waals surface area contributed by atoms with Gasteiger partial charge in [-0.05, 0) is 19.8 Å². The molecule has 13 heavy (non-hydrogen) atoms. The lowest BCUT2D eigenvalue weighted by Gasteiger charge is -2.31. The van der Waals surface area contributed by atoms with Crippen LogP contribution < -0.4 is 0 Å². The molecule has 1 fully saturated rings. The fraction of sp³-hybridized carbons (Fsp3) is 0.636. The van der Waals surface area contributed by atoms with Gasteiger partial charge < -0.3 is 0 Å². The van der Waals surface area contributed by atoms with E-state index in [1.165, 1.54) is 13.3 Å². The van der Waals surface area contributed by atoms with Gasteiger partial charge in [-0.25, -0.2) is 0 Å². The molecule has 0 bridgehead atoms. The van der Waals surface area contributed by atoms with Crippen LogP contribution in [0.25, 0.3) is 0 Å². The monoisotopic (exact) mass is 177 g/mol. The number of nitrogens with zero attached hydrogens (tertiary/aromatic N) is 1. The number of carbonyl (C=O) groups excluding carboxylic acids is 1. The summed E-state index contributed by atoms with van der Waals surface area (Å²) in [4.78, 5) is 11.2. The molecular weight excluding hydrogens is 162 g/mol. The van der Waals surface area contributed by atoms with E-state index in [1.807, 2.05) is 0 Å².